The summed E-state index contributed by atoms with van der Waals surface area (Å²) in [5, 5.41) is 0.693. The number of fused-ring (bicyclic) bond motifs is 5. The van der Waals surface area contributed by atoms with Gasteiger partial charge in [-0.15, -0.1) is 0 Å². The van der Waals surface area contributed by atoms with Gasteiger partial charge in [0.05, 0.1) is 0 Å². The maximum atomic E-state index is 13.1. The van der Waals surface area contributed by atoms with Crippen molar-refractivity contribution in [1.29, 1.82) is 0 Å². The lowest BCUT2D eigenvalue weighted by Crippen LogP contribution is -2.50. The first kappa shape index (κ1) is 29.2. The van der Waals surface area contributed by atoms with Gasteiger partial charge < -0.3 is 0 Å². The summed E-state index contributed by atoms with van der Waals surface area (Å²) in [4.78, 5) is 13.1. The van der Waals surface area contributed by atoms with E-state index in [0.717, 1.165) is 53.1 Å². The Balaban J connectivity index is 1.23. The van der Waals surface area contributed by atoms with Crippen LogP contribution in [0.3, 0.4) is 0 Å². The molecule has 1 nitrogen and oxygen atoms in total. The molecule has 2 heteroatoms. The molecule has 5 rings (SSSR count). The van der Waals surface area contributed by atoms with Crippen LogP contribution in [0.2, 0.25) is 0 Å². The normalized spacial score (nSPS) is 37.1. The van der Waals surface area contributed by atoms with Crippen molar-refractivity contribution in [3.8, 4) is 0 Å². The predicted molar refractivity (Wildman–Crippen MR) is 170 cm³/mol. The second-order valence-electron chi connectivity index (χ2n) is 14.8. The molecule has 3 saturated carbocycles. The van der Waals surface area contributed by atoms with E-state index in [1.807, 2.05) is 31.2 Å². The third-order valence-corrected chi connectivity index (χ3v) is 13.3. The second-order valence-corrected chi connectivity index (χ2v) is 16.1. The SMILES string of the molecule is C/C(=C\c1ccccc1)C(=O)S[C@H]1CC[C@@]2(C)C(=CC[C@H]3[C@@H]4CC[C@H]([C@@H](C)CCCC(C)C)[C@@]4(C)CC[C@@H]32)C1. The Morgan fingerprint density at radius 1 is 1.00 bits per heavy atom. The molecule has 0 heterocycles. The Kier molecular flexibility index (Phi) is 8.92. The Morgan fingerprint density at radius 3 is 2.51 bits per heavy atom. The molecule has 1 aromatic carbocycles. The van der Waals surface area contributed by atoms with Gasteiger partial charge in [0.2, 0.25) is 5.12 Å². The van der Waals surface area contributed by atoms with Gasteiger partial charge >= 0.3 is 0 Å². The Bertz CT molecular complexity index is 1070. The molecule has 0 N–H and O–H groups in total. The fourth-order valence-electron chi connectivity index (χ4n) is 9.86. The highest BCUT2D eigenvalue weighted by molar-refractivity contribution is 8.14. The van der Waals surface area contributed by atoms with Crippen LogP contribution in [0, 0.1) is 46.3 Å². The van der Waals surface area contributed by atoms with Gasteiger partial charge in [-0.2, -0.15) is 0 Å². The van der Waals surface area contributed by atoms with Gasteiger partial charge in [-0.05, 0) is 116 Å². The van der Waals surface area contributed by atoms with E-state index in [9.17, 15) is 4.79 Å². The summed E-state index contributed by atoms with van der Waals surface area (Å²) >= 11 is 1.61. The highest BCUT2D eigenvalue weighted by atomic mass is 32.2. The number of carbonyl (C=O) groups excluding carboxylic acids is 1. The molecule has 0 radical (unpaired) electrons. The number of benzene rings is 1. The van der Waals surface area contributed by atoms with E-state index in [-0.39, 0.29) is 5.12 Å². The number of rotatable bonds is 8. The lowest BCUT2D eigenvalue weighted by atomic mass is 9.47. The van der Waals surface area contributed by atoms with Gasteiger partial charge in [-0.1, -0.05) is 108 Å². The zero-order valence-corrected chi connectivity index (χ0v) is 26.5. The monoisotopic (exact) mass is 546 g/mol. The molecule has 0 aliphatic heterocycles. The number of allylic oxidation sites excluding steroid dienone is 2. The molecule has 0 aromatic heterocycles. The van der Waals surface area contributed by atoms with E-state index in [4.69, 9.17) is 0 Å². The minimum absolute atomic E-state index is 0.259. The van der Waals surface area contributed by atoms with Crippen LogP contribution in [0.25, 0.3) is 6.08 Å². The van der Waals surface area contributed by atoms with Gasteiger partial charge in [-0.3, -0.25) is 4.79 Å². The molecule has 4 aliphatic rings. The first-order valence-electron chi connectivity index (χ1n) is 16.3. The van der Waals surface area contributed by atoms with Crippen LogP contribution >= 0.6 is 11.8 Å². The van der Waals surface area contributed by atoms with Crippen LogP contribution in [0.5, 0.6) is 0 Å². The van der Waals surface area contributed by atoms with Crippen LogP contribution in [0.4, 0.5) is 0 Å². The van der Waals surface area contributed by atoms with Gasteiger partial charge in [0.15, 0.2) is 0 Å². The van der Waals surface area contributed by atoms with Crippen LogP contribution < -0.4 is 0 Å². The number of hydrogen-bond acceptors (Lipinski definition) is 2. The Hall–Kier alpha value is -1.28. The first-order chi connectivity index (χ1) is 18.6. The van der Waals surface area contributed by atoms with Crippen LogP contribution in [0.1, 0.15) is 118 Å². The summed E-state index contributed by atoms with van der Waals surface area (Å²) in [7, 11) is 0. The summed E-state index contributed by atoms with van der Waals surface area (Å²) in [5.41, 5.74) is 4.61. The number of carbonyl (C=O) groups is 1. The lowest BCUT2D eigenvalue weighted by molar-refractivity contribution is -0.107. The molecule has 1 aromatic rings. The largest absolute Gasteiger partial charge is 0.282 e. The number of thioether (sulfide) groups is 1. The summed E-state index contributed by atoms with van der Waals surface area (Å²) in [6, 6.07) is 10.3. The number of hydrogen-bond donors (Lipinski definition) is 0. The molecule has 0 bridgehead atoms. The first-order valence-corrected chi connectivity index (χ1v) is 17.1. The zero-order chi connectivity index (χ0) is 27.8. The smallest absolute Gasteiger partial charge is 0.215 e. The summed E-state index contributed by atoms with van der Waals surface area (Å²) in [5.74, 6) is 5.30. The van der Waals surface area contributed by atoms with E-state index in [2.05, 4.69) is 52.8 Å². The van der Waals surface area contributed by atoms with Crippen LogP contribution in [0.15, 0.2) is 47.6 Å². The van der Waals surface area contributed by atoms with Crippen molar-refractivity contribution in [3.05, 3.63) is 53.1 Å². The summed E-state index contributed by atoms with van der Waals surface area (Å²) < 4.78 is 0. The second kappa shape index (κ2) is 11.9. The van der Waals surface area contributed by atoms with Crippen molar-refractivity contribution < 1.29 is 4.79 Å². The molecule has 0 saturated heterocycles. The molecule has 214 valence electrons. The average molecular weight is 547 g/mol. The van der Waals surface area contributed by atoms with E-state index >= 15 is 0 Å². The Labute approximate surface area is 244 Å². The Morgan fingerprint density at radius 2 is 1.77 bits per heavy atom. The fraction of sp³-hybridized carbons (Fsp3) is 0.703. The molecule has 4 aliphatic carbocycles. The minimum atomic E-state index is 0.259. The van der Waals surface area contributed by atoms with Crippen LogP contribution in [-0.4, -0.2) is 10.4 Å². The summed E-state index contributed by atoms with van der Waals surface area (Å²) in [6.45, 7) is 14.6. The maximum absolute atomic E-state index is 13.1. The van der Waals surface area contributed by atoms with E-state index < -0.39 is 0 Å². The van der Waals surface area contributed by atoms with Crippen molar-refractivity contribution in [2.24, 2.45) is 46.3 Å². The van der Waals surface area contributed by atoms with Crippen molar-refractivity contribution in [2.45, 2.75) is 117 Å². The molecule has 0 amide bonds. The molecular weight excluding hydrogens is 492 g/mol. The van der Waals surface area contributed by atoms with Gasteiger partial charge in [0, 0.05) is 10.8 Å². The average Bonchev–Trinajstić information content (AvgIpc) is 3.26. The third kappa shape index (κ3) is 5.89. The molecular formula is C37H54OS. The lowest BCUT2D eigenvalue weighted by Gasteiger charge is -2.58. The molecule has 39 heavy (non-hydrogen) atoms. The minimum Gasteiger partial charge on any atom is -0.282 e. The van der Waals surface area contributed by atoms with Crippen molar-refractivity contribution in [2.75, 3.05) is 0 Å². The quantitative estimate of drug-likeness (QED) is 0.238. The third-order valence-electron chi connectivity index (χ3n) is 12.0. The van der Waals surface area contributed by atoms with Gasteiger partial charge in [-0.25, -0.2) is 0 Å². The van der Waals surface area contributed by atoms with E-state index in [1.54, 1.807) is 17.3 Å². The molecule has 0 unspecified atom stereocenters. The van der Waals surface area contributed by atoms with Crippen LogP contribution in [-0.2, 0) is 4.79 Å². The highest BCUT2D eigenvalue weighted by Gasteiger charge is 2.59. The zero-order valence-electron chi connectivity index (χ0n) is 25.7. The van der Waals surface area contributed by atoms with Crippen molar-refractivity contribution in [1.82, 2.24) is 0 Å². The molecule has 8 atom stereocenters. The standard InChI is InChI=1S/C37H54OS/c1-25(2)11-10-12-26(3)32-17-18-33-31-16-15-29-24-30(19-21-36(29,5)34(31)20-22-37(32,33)6)39-35(38)27(4)23-28-13-8-7-9-14-28/h7-9,13-15,23,25-26,30-34H,10-12,16-22,24H2,1-6H3/b27-23+/t26-,30-,31-,32+,33-,34-,36-,37+/m0/s1. The topological polar surface area (TPSA) is 17.1 Å². The van der Waals surface area contributed by atoms with Gasteiger partial charge in [0.25, 0.3) is 0 Å². The van der Waals surface area contributed by atoms with E-state index in [1.165, 1.54) is 64.2 Å². The van der Waals surface area contributed by atoms with Crippen molar-refractivity contribution in [3.63, 3.8) is 0 Å². The maximum Gasteiger partial charge on any atom is 0.215 e. The molecule has 0 spiro atoms. The summed E-state index contributed by atoms with van der Waals surface area (Å²) in [6.07, 6.45) is 19.6. The predicted octanol–water partition coefficient (Wildman–Crippen LogP) is 10.8. The highest BCUT2D eigenvalue weighted by Crippen LogP contribution is 2.67. The van der Waals surface area contributed by atoms with Crippen molar-refractivity contribution >= 4 is 23.0 Å². The van der Waals surface area contributed by atoms with E-state index in [0.29, 0.717) is 16.1 Å². The fourth-order valence-corrected chi connectivity index (χ4v) is 10.9. The van der Waals surface area contributed by atoms with Gasteiger partial charge in [0.1, 0.15) is 0 Å². The molecule has 3 fully saturated rings.